The van der Waals surface area contributed by atoms with E-state index in [2.05, 4.69) is 4.98 Å². The topological polar surface area (TPSA) is 66.2 Å². The lowest BCUT2D eigenvalue weighted by Gasteiger charge is -2.22. The average molecular weight is 498 g/mol. The van der Waals surface area contributed by atoms with Gasteiger partial charge >= 0.3 is 6.18 Å². The molecule has 1 atom stereocenters. The van der Waals surface area contributed by atoms with Crippen molar-refractivity contribution in [1.29, 1.82) is 0 Å². The first-order valence-electron chi connectivity index (χ1n) is 12.0. The van der Waals surface area contributed by atoms with Crippen molar-refractivity contribution >= 4 is 21.7 Å². The van der Waals surface area contributed by atoms with Gasteiger partial charge in [0.1, 0.15) is 0 Å². The van der Waals surface area contributed by atoms with Gasteiger partial charge in [0.25, 0.3) is 5.56 Å². The molecule has 1 aliphatic rings. The molecule has 0 radical (unpaired) electrons. The van der Waals surface area contributed by atoms with E-state index < -0.39 is 12.8 Å². The van der Waals surface area contributed by atoms with Gasteiger partial charge in [-0.2, -0.15) is 13.2 Å². The van der Waals surface area contributed by atoms with E-state index in [0.717, 1.165) is 54.2 Å². The highest BCUT2D eigenvalue weighted by Crippen LogP contribution is 2.29. The minimum absolute atomic E-state index is 0.0399. The molecule has 36 heavy (non-hydrogen) atoms. The third-order valence-corrected chi connectivity index (χ3v) is 6.52. The third-order valence-electron chi connectivity index (χ3n) is 6.52. The molecule has 1 aliphatic heterocycles. The van der Waals surface area contributed by atoms with Crippen LogP contribution in [0.1, 0.15) is 42.9 Å². The zero-order valence-electron chi connectivity index (χ0n) is 19.6. The van der Waals surface area contributed by atoms with Crippen LogP contribution in [0.5, 0.6) is 5.88 Å². The van der Waals surface area contributed by atoms with Gasteiger partial charge in [0.2, 0.25) is 5.88 Å². The maximum Gasteiger partial charge on any atom is 0.422 e. The maximum absolute atomic E-state index is 13.6. The molecule has 0 amide bonds. The molecule has 3 heterocycles. The number of benzene rings is 2. The van der Waals surface area contributed by atoms with E-state index >= 15 is 0 Å². The number of ether oxygens (including phenoxy) is 2. The largest absolute Gasteiger partial charge is 0.468 e. The van der Waals surface area contributed by atoms with Crippen LogP contribution in [0, 0.1) is 0 Å². The predicted molar refractivity (Wildman–Crippen MR) is 130 cm³/mol. The standard InChI is InChI=1S/C27H26F3N3O3/c28-27(29,30)16-36-24-9-8-18(15-31-24)13-19-14-23-25(22-7-2-1-6-21(19)22)32-17-33(26(23)34)20-5-3-4-11-35-12-10-20/h1-2,6-9,14-15,17,20H,3-5,10-13,16H2. The Hall–Kier alpha value is -3.46. The summed E-state index contributed by atoms with van der Waals surface area (Å²) in [6, 6.07) is 12.8. The second-order valence-electron chi connectivity index (χ2n) is 9.07. The molecule has 0 aliphatic carbocycles. The van der Waals surface area contributed by atoms with Gasteiger partial charge in [0.05, 0.1) is 17.2 Å². The number of pyridine rings is 1. The number of nitrogens with zero attached hydrogens (tertiary/aromatic N) is 3. The summed E-state index contributed by atoms with van der Waals surface area (Å²) in [6.45, 7) is -0.00786. The lowest BCUT2D eigenvalue weighted by Crippen LogP contribution is -2.27. The van der Waals surface area contributed by atoms with Crippen molar-refractivity contribution < 1.29 is 22.6 Å². The highest BCUT2D eigenvalue weighted by Gasteiger charge is 2.28. The van der Waals surface area contributed by atoms with Crippen LogP contribution in [0.15, 0.2) is 59.8 Å². The molecule has 2 aromatic heterocycles. The summed E-state index contributed by atoms with van der Waals surface area (Å²) in [6.07, 6.45) is 2.84. The van der Waals surface area contributed by atoms with Crippen molar-refractivity contribution in [2.24, 2.45) is 0 Å². The molecule has 9 heteroatoms. The third kappa shape index (κ3) is 5.36. The minimum Gasteiger partial charge on any atom is -0.468 e. The van der Waals surface area contributed by atoms with Crippen molar-refractivity contribution in [1.82, 2.24) is 14.5 Å². The van der Waals surface area contributed by atoms with E-state index in [1.54, 1.807) is 17.0 Å². The highest BCUT2D eigenvalue weighted by atomic mass is 19.4. The molecule has 6 nitrogen and oxygen atoms in total. The molecule has 2 aromatic carbocycles. The molecule has 188 valence electrons. The van der Waals surface area contributed by atoms with Crippen LogP contribution in [0.4, 0.5) is 13.2 Å². The smallest absolute Gasteiger partial charge is 0.422 e. The van der Waals surface area contributed by atoms with E-state index in [1.807, 2.05) is 30.3 Å². The van der Waals surface area contributed by atoms with E-state index in [4.69, 9.17) is 14.5 Å². The number of hydrogen-bond donors (Lipinski definition) is 0. The lowest BCUT2D eigenvalue weighted by molar-refractivity contribution is -0.154. The van der Waals surface area contributed by atoms with Crippen LogP contribution in [-0.4, -0.2) is 40.5 Å². The van der Waals surface area contributed by atoms with Gasteiger partial charge in [-0.1, -0.05) is 30.3 Å². The lowest BCUT2D eigenvalue weighted by atomic mass is 9.96. The Balaban J connectivity index is 1.51. The molecule has 1 fully saturated rings. The number of hydrogen-bond acceptors (Lipinski definition) is 5. The molecule has 1 unspecified atom stereocenters. The fraction of sp³-hybridized carbons (Fsp3) is 0.370. The van der Waals surface area contributed by atoms with E-state index in [9.17, 15) is 18.0 Å². The van der Waals surface area contributed by atoms with E-state index in [0.29, 0.717) is 23.9 Å². The van der Waals surface area contributed by atoms with Crippen molar-refractivity contribution in [2.75, 3.05) is 19.8 Å². The van der Waals surface area contributed by atoms with Crippen LogP contribution in [0.2, 0.25) is 0 Å². The van der Waals surface area contributed by atoms with E-state index in [-0.39, 0.29) is 17.5 Å². The summed E-state index contributed by atoms with van der Waals surface area (Å²) < 4.78 is 49.3. The Morgan fingerprint density at radius 1 is 1.00 bits per heavy atom. The summed E-state index contributed by atoms with van der Waals surface area (Å²) in [5.74, 6) is -0.0882. The van der Waals surface area contributed by atoms with Crippen LogP contribution in [-0.2, 0) is 11.2 Å². The average Bonchev–Trinajstić information content (AvgIpc) is 2.84. The molecular weight excluding hydrogens is 471 g/mol. The van der Waals surface area contributed by atoms with Gasteiger partial charge in [-0.15, -0.1) is 0 Å². The summed E-state index contributed by atoms with van der Waals surface area (Å²) in [5.41, 5.74) is 2.29. The monoisotopic (exact) mass is 497 g/mol. The van der Waals surface area contributed by atoms with Gasteiger partial charge in [0.15, 0.2) is 6.61 Å². The first-order chi connectivity index (χ1) is 17.4. The van der Waals surface area contributed by atoms with Crippen LogP contribution < -0.4 is 10.3 Å². The van der Waals surface area contributed by atoms with Crippen molar-refractivity contribution in [3.8, 4) is 5.88 Å². The van der Waals surface area contributed by atoms with Gasteiger partial charge in [0, 0.05) is 36.9 Å². The Bertz CT molecular complexity index is 1410. The first kappa shape index (κ1) is 24.2. The minimum atomic E-state index is -4.42. The van der Waals surface area contributed by atoms with Gasteiger partial charge < -0.3 is 9.47 Å². The zero-order chi connectivity index (χ0) is 25.1. The predicted octanol–water partition coefficient (Wildman–Crippen LogP) is 5.61. The molecule has 0 saturated carbocycles. The van der Waals surface area contributed by atoms with Crippen molar-refractivity contribution in [3.05, 3.63) is 76.5 Å². The Kier molecular flexibility index (Phi) is 6.91. The molecule has 0 spiro atoms. The first-order valence-corrected chi connectivity index (χ1v) is 12.0. The van der Waals surface area contributed by atoms with Crippen LogP contribution in [0.25, 0.3) is 21.7 Å². The zero-order valence-corrected chi connectivity index (χ0v) is 19.6. The Morgan fingerprint density at radius 3 is 2.61 bits per heavy atom. The molecular formula is C27H26F3N3O3. The fourth-order valence-corrected chi connectivity index (χ4v) is 4.76. The number of halogens is 3. The summed E-state index contributed by atoms with van der Waals surface area (Å²) in [7, 11) is 0. The van der Waals surface area contributed by atoms with Crippen LogP contribution >= 0.6 is 0 Å². The highest BCUT2D eigenvalue weighted by molar-refractivity contribution is 6.06. The number of fused-ring (bicyclic) bond motifs is 3. The summed E-state index contributed by atoms with van der Waals surface area (Å²) in [4.78, 5) is 22.4. The quantitative estimate of drug-likeness (QED) is 0.336. The molecule has 4 aromatic rings. The molecule has 0 N–H and O–H groups in total. The second-order valence-corrected chi connectivity index (χ2v) is 9.07. The fourth-order valence-electron chi connectivity index (χ4n) is 4.76. The van der Waals surface area contributed by atoms with Crippen molar-refractivity contribution in [3.63, 3.8) is 0 Å². The van der Waals surface area contributed by atoms with Gasteiger partial charge in [-0.05, 0) is 54.7 Å². The van der Waals surface area contributed by atoms with Gasteiger partial charge in [-0.3, -0.25) is 9.36 Å². The van der Waals surface area contributed by atoms with Crippen LogP contribution in [0.3, 0.4) is 0 Å². The Morgan fingerprint density at radius 2 is 1.83 bits per heavy atom. The number of aromatic nitrogens is 3. The normalized spacial score (nSPS) is 17.1. The maximum atomic E-state index is 13.6. The molecule has 5 rings (SSSR count). The second kappa shape index (κ2) is 10.3. The van der Waals surface area contributed by atoms with Crippen molar-refractivity contribution in [2.45, 2.75) is 44.3 Å². The van der Waals surface area contributed by atoms with E-state index in [1.165, 1.54) is 12.3 Å². The molecule has 0 bridgehead atoms. The Labute approximate surface area is 205 Å². The SMILES string of the molecule is O=c1c2cc(Cc3ccc(OCC(F)(F)F)nc3)c3ccccc3c2ncn1C1CCCCOCC1. The number of alkyl halides is 3. The summed E-state index contributed by atoms with van der Waals surface area (Å²) in [5, 5.41) is 2.40. The number of rotatable bonds is 5. The molecule has 1 saturated heterocycles. The van der Waals surface area contributed by atoms with Gasteiger partial charge in [-0.25, -0.2) is 9.97 Å². The summed E-state index contributed by atoms with van der Waals surface area (Å²) >= 11 is 0.